The Balaban J connectivity index is 1.49. The van der Waals surface area contributed by atoms with E-state index in [-0.39, 0.29) is 11.3 Å². The molecule has 4 rings (SSSR count). The normalized spacial score (nSPS) is 13.6. The zero-order valence-electron chi connectivity index (χ0n) is 17.4. The molecule has 32 heavy (non-hydrogen) atoms. The molecule has 1 N–H and O–H groups in total. The van der Waals surface area contributed by atoms with Crippen LogP contribution in [0.2, 0.25) is 0 Å². The SMILES string of the molecule is CCOc1ccc(-c2csc(NC(=O)c3ccc(N4CCOCC4)c([N+](=O)[O-])c3)n2)cc1. The van der Waals surface area contributed by atoms with Gasteiger partial charge < -0.3 is 14.4 Å². The number of amides is 1. The molecule has 10 heteroatoms. The molecule has 0 aliphatic carbocycles. The van der Waals surface area contributed by atoms with Crippen LogP contribution in [0.1, 0.15) is 17.3 Å². The van der Waals surface area contributed by atoms with Crippen LogP contribution in [0, 0.1) is 10.1 Å². The summed E-state index contributed by atoms with van der Waals surface area (Å²) in [5, 5.41) is 16.6. The maximum Gasteiger partial charge on any atom is 0.293 e. The summed E-state index contributed by atoms with van der Waals surface area (Å²) >= 11 is 1.29. The molecule has 1 amide bonds. The van der Waals surface area contributed by atoms with Crippen molar-refractivity contribution in [3.8, 4) is 17.0 Å². The number of benzene rings is 2. The summed E-state index contributed by atoms with van der Waals surface area (Å²) in [6.45, 7) is 4.69. The summed E-state index contributed by atoms with van der Waals surface area (Å²) in [6, 6.07) is 12.1. The monoisotopic (exact) mass is 454 g/mol. The number of aromatic nitrogens is 1. The molecule has 9 nitrogen and oxygen atoms in total. The highest BCUT2D eigenvalue weighted by Crippen LogP contribution is 2.31. The van der Waals surface area contributed by atoms with Crippen molar-refractivity contribution < 1.29 is 19.2 Å². The zero-order chi connectivity index (χ0) is 22.5. The molecule has 1 aliphatic rings. The summed E-state index contributed by atoms with van der Waals surface area (Å²) < 4.78 is 10.8. The minimum absolute atomic E-state index is 0.103. The van der Waals surface area contributed by atoms with Crippen LogP contribution in [0.5, 0.6) is 5.75 Å². The van der Waals surface area contributed by atoms with E-state index >= 15 is 0 Å². The number of nitrogens with zero attached hydrogens (tertiary/aromatic N) is 3. The van der Waals surface area contributed by atoms with Crippen molar-refractivity contribution >= 4 is 33.8 Å². The van der Waals surface area contributed by atoms with Gasteiger partial charge in [0.05, 0.1) is 30.4 Å². The molecule has 2 heterocycles. The molecule has 166 valence electrons. The Morgan fingerprint density at radius 2 is 2.00 bits per heavy atom. The van der Waals surface area contributed by atoms with Crippen molar-refractivity contribution in [2.75, 3.05) is 43.1 Å². The predicted octanol–water partition coefficient (Wildman–Crippen LogP) is 4.21. The first-order valence-corrected chi connectivity index (χ1v) is 11.0. The van der Waals surface area contributed by atoms with Crippen molar-refractivity contribution in [2.45, 2.75) is 6.92 Å². The highest BCUT2D eigenvalue weighted by Gasteiger charge is 2.23. The number of rotatable bonds is 7. The topological polar surface area (TPSA) is 107 Å². The Bertz CT molecular complexity index is 1110. The number of hydrogen-bond acceptors (Lipinski definition) is 8. The first kappa shape index (κ1) is 21.7. The van der Waals surface area contributed by atoms with Gasteiger partial charge in [-0.05, 0) is 43.3 Å². The number of morpholine rings is 1. The van der Waals surface area contributed by atoms with Gasteiger partial charge in [0.25, 0.3) is 11.6 Å². The van der Waals surface area contributed by atoms with Gasteiger partial charge in [-0.15, -0.1) is 11.3 Å². The van der Waals surface area contributed by atoms with Crippen molar-refractivity contribution in [1.82, 2.24) is 4.98 Å². The van der Waals surface area contributed by atoms with Crippen LogP contribution in [0.3, 0.4) is 0 Å². The van der Waals surface area contributed by atoms with Crippen LogP contribution < -0.4 is 15.0 Å². The Labute approximate surface area is 188 Å². The second kappa shape index (κ2) is 9.75. The Kier molecular flexibility index (Phi) is 6.62. The highest BCUT2D eigenvalue weighted by molar-refractivity contribution is 7.14. The van der Waals surface area contributed by atoms with Crippen molar-refractivity contribution in [2.24, 2.45) is 0 Å². The van der Waals surface area contributed by atoms with Gasteiger partial charge in [0.2, 0.25) is 0 Å². The quantitative estimate of drug-likeness (QED) is 0.421. The molecule has 3 aromatic rings. The van der Waals surface area contributed by atoms with E-state index in [4.69, 9.17) is 9.47 Å². The van der Waals surface area contributed by atoms with Gasteiger partial charge in [0.1, 0.15) is 11.4 Å². The smallest absolute Gasteiger partial charge is 0.293 e. The first-order valence-electron chi connectivity index (χ1n) is 10.2. The summed E-state index contributed by atoms with van der Waals surface area (Å²) in [6.07, 6.45) is 0. The lowest BCUT2D eigenvalue weighted by atomic mass is 10.1. The van der Waals surface area contributed by atoms with E-state index < -0.39 is 10.8 Å². The number of ether oxygens (including phenoxy) is 2. The number of hydrogen-bond donors (Lipinski definition) is 1. The van der Waals surface area contributed by atoms with Crippen LogP contribution in [0.4, 0.5) is 16.5 Å². The molecule has 0 saturated carbocycles. The molecular formula is C22H22N4O5S. The second-order valence-corrected chi connectivity index (χ2v) is 7.87. The van der Waals surface area contributed by atoms with Gasteiger partial charge in [-0.1, -0.05) is 0 Å². The third-order valence-corrected chi connectivity index (χ3v) is 5.73. The lowest BCUT2D eigenvalue weighted by molar-refractivity contribution is -0.384. The molecule has 0 bridgehead atoms. The molecular weight excluding hydrogens is 432 g/mol. The fourth-order valence-corrected chi connectivity index (χ4v) is 4.12. The molecule has 0 radical (unpaired) electrons. The van der Waals surface area contributed by atoms with Gasteiger partial charge in [-0.25, -0.2) is 4.98 Å². The van der Waals surface area contributed by atoms with Crippen molar-refractivity contribution in [3.63, 3.8) is 0 Å². The maximum atomic E-state index is 12.7. The summed E-state index contributed by atoms with van der Waals surface area (Å²) in [5.74, 6) is 0.330. The standard InChI is InChI=1S/C22H22N4O5S/c1-2-31-17-6-3-15(4-7-17)18-14-32-22(23-18)24-21(27)16-5-8-19(20(13-16)26(28)29)25-9-11-30-12-10-25/h3-8,13-14H,2,9-12H2,1H3,(H,23,24,27). The lowest BCUT2D eigenvalue weighted by Gasteiger charge is -2.28. The van der Waals surface area contributed by atoms with E-state index in [1.54, 1.807) is 12.1 Å². The summed E-state index contributed by atoms with van der Waals surface area (Å²) in [4.78, 5) is 30.2. The van der Waals surface area contributed by atoms with Gasteiger partial charge in [-0.2, -0.15) is 0 Å². The van der Waals surface area contributed by atoms with Crippen LogP contribution in [0.15, 0.2) is 47.8 Å². The maximum absolute atomic E-state index is 12.7. The fourth-order valence-electron chi connectivity index (χ4n) is 3.40. The number of carbonyl (C=O) groups excluding carboxylic acids is 1. The second-order valence-electron chi connectivity index (χ2n) is 7.01. The van der Waals surface area contributed by atoms with Crippen LogP contribution in [-0.4, -0.2) is 48.7 Å². The van der Waals surface area contributed by atoms with Crippen molar-refractivity contribution in [1.29, 1.82) is 0 Å². The van der Waals surface area contributed by atoms with Crippen molar-refractivity contribution in [3.05, 3.63) is 63.5 Å². The van der Waals surface area contributed by atoms with Crippen LogP contribution in [-0.2, 0) is 4.74 Å². The molecule has 1 aliphatic heterocycles. The summed E-state index contributed by atoms with van der Waals surface area (Å²) in [7, 11) is 0. The Hall–Kier alpha value is -3.50. The molecule has 0 unspecified atom stereocenters. The number of nitrogens with one attached hydrogen (secondary N) is 1. The van der Waals surface area contributed by atoms with Gasteiger partial charge in [0, 0.05) is 35.7 Å². The first-order chi connectivity index (χ1) is 15.5. The minimum atomic E-state index is -0.463. The average molecular weight is 455 g/mol. The number of nitro groups is 1. The number of thiazole rings is 1. The molecule has 0 atom stereocenters. The fraction of sp³-hybridized carbons (Fsp3) is 0.273. The third kappa shape index (κ3) is 4.87. The minimum Gasteiger partial charge on any atom is -0.494 e. The number of nitro benzene ring substituents is 1. The molecule has 1 aromatic heterocycles. The third-order valence-electron chi connectivity index (χ3n) is 4.97. The van der Waals surface area contributed by atoms with E-state index in [2.05, 4.69) is 10.3 Å². The largest absolute Gasteiger partial charge is 0.494 e. The van der Waals surface area contributed by atoms with Gasteiger partial charge >= 0.3 is 0 Å². The predicted molar refractivity (Wildman–Crippen MR) is 123 cm³/mol. The van der Waals surface area contributed by atoms with E-state index in [0.717, 1.165) is 17.0 Å². The van der Waals surface area contributed by atoms with Gasteiger partial charge in [-0.3, -0.25) is 20.2 Å². The Morgan fingerprint density at radius 3 is 2.69 bits per heavy atom. The zero-order valence-corrected chi connectivity index (χ0v) is 18.3. The van der Waals surface area contributed by atoms with Crippen LogP contribution in [0.25, 0.3) is 11.3 Å². The molecule has 0 spiro atoms. The van der Waals surface area contributed by atoms with E-state index in [1.165, 1.54) is 17.4 Å². The summed E-state index contributed by atoms with van der Waals surface area (Å²) in [5.41, 5.74) is 2.21. The van der Waals surface area contributed by atoms with Gasteiger partial charge in [0.15, 0.2) is 5.13 Å². The highest BCUT2D eigenvalue weighted by atomic mass is 32.1. The van der Waals surface area contributed by atoms with E-state index in [0.29, 0.717) is 43.7 Å². The number of carbonyl (C=O) groups is 1. The average Bonchev–Trinajstić information content (AvgIpc) is 3.28. The molecule has 1 fully saturated rings. The van der Waals surface area contributed by atoms with Crippen LogP contribution >= 0.6 is 11.3 Å². The Morgan fingerprint density at radius 1 is 1.25 bits per heavy atom. The number of anilines is 2. The molecule has 2 aromatic carbocycles. The van der Waals surface area contributed by atoms with E-state index in [9.17, 15) is 14.9 Å². The van der Waals surface area contributed by atoms with E-state index in [1.807, 2.05) is 41.5 Å². The lowest BCUT2D eigenvalue weighted by Crippen LogP contribution is -2.36. The molecule has 1 saturated heterocycles.